The second kappa shape index (κ2) is 9.40. The lowest BCUT2D eigenvalue weighted by Crippen LogP contribution is -2.17. The molecule has 0 radical (unpaired) electrons. The number of amides is 1. The zero-order valence-corrected chi connectivity index (χ0v) is 17.4. The number of hydrogen-bond donors (Lipinski definition) is 1. The maximum Gasteiger partial charge on any atom is 0.271 e. The molecule has 0 saturated carbocycles. The summed E-state index contributed by atoms with van der Waals surface area (Å²) in [6.07, 6.45) is 1.52. The van der Waals surface area contributed by atoms with Gasteiger partial charge in [0.25, 0.3) is 5.91 Å². The van der Waals surface area contributed by atoms with Crippen LogP contribution in [0.3, 0.4) is 0 Å². The maximum atomic E-state index is 12.3. The Balaban J connectivity index is 1.38. The molecule has 158 valence electrons. The van der Waals surface area contributed by atoms with Crippen molar-refractivity contribution in [1.29, 1.82) is 0 Å². The number of hydrazone groups is 1. The molecule has 0 spiro atoms. The van der Waals surface area contributed by atoms with Crippen LogP contribution in [-0.4, -0.2) is 26.0 Å². The molecule has 8 heteroatoms. The molecule has 1 aliphatic heterocycles. The largest absolute Gasteiger partial charge is 0.493 e. The van der Waals surface area contributed by atoms with Crippen LogP contribution in [0.25, 0.3) is 0 Å². The molecule has 0 bridgehead atoms. The lowest BCUT2D eigenvalue weighted by molar-refractivity contribution is 0.0954. The molecule has 1 N–H and O–H groups in total. The quantitative estimate of drug-likeness (QED) is 0.436. The Morgan fingerprint density at radius 2 is 1.94 bits per heavy atom. The molecule has 1 amide bonds. The van der Waals surface area contributed by atoms with Crippen molar-refractivity contribution in [3.05, 3.63) is 82.4 Å². The Hall–Kier alpha value is -3.71. The van der Waals surface area contributed by atoms with Gasteiger partial charge in [-0.05, 0) is 48.0 Å². The summed E-state index contributed by atoms with van der Waals surface area (Å²) in [6, 6.07) is 17.8. The first-order valence-corrected chi connectivity index (χ1v) is 9.79. The predicted molar refractivity (Wildman–Crippen MR) is 116 cm³/mol. The Kier molecular flexibility index (Phi) is 6.24. The summed E-state index contributed by atoms with van der Waals surface area (Å²) in [5, 5.41) is 4.65. The van der Waals surface area contributed by atoms with Crippen molar-refractivity contribution < 1.29 is 23.7 Å². The van der Waals surface area contributed by atoms with E-state index < -0.39 is 0 Å². The van der Waals surface area contributed by atoms with Gasteiger partial charge >= 0.3 is 0 Å². The van der Waals surface area contributed by atoms with E-state index in [9.17, 15) is 4.79 Å². The molecule has 0 atom stereocenters. The monoisotopic (exact) mass is 438 g/mol. The van der Waals surface area contributed by atoms with Gasteiger partial charge in [0.1, 0.15) is 6.61 Å². The van der Waals surface area contributed by atoms with Crippen molar-refractivity contribution >= 4 is 23.7 Å². The van der Waals surface area contributed by atoms with Gasteiger partial charge in [0.05, 0.1) is 13.3 Å². The number of nitrogens with one attached hydrogen (secondary N) is 1. The van der Waals surface area contributed by atoms with Crippen molar-refractivity contribution in [2.45, 2.75) is 6.61 Å². The average molecular weight is 439 g/mol. The molecule has 0 saturated heterocycles. The predicted octanol–water partition coefficient (Wildman–Crippen LogP) is 4.42. The Morgan fingerprint density at radius 1 is 1.10 bits per heavy atom. The van der Waals surface area contributed by atoms with Gasteiger partial charge in [-0.3, -0.25) is 4.79 Å². The highest BCUT2D eigenvalue weighted by atomic mass is 35.5. The number of benzene rings is 3. The van der Waals surface area contributed by atoms with Crippen LogP contribution in [0.5, 0.6) is 23.0 Å². The van der Waals surface area contributed by atoms with Crippen molar-refractivity contribution in [3.8, 4) is 23.0 Å². The number of ether oxygens (including phenoxy) is 4. The van der Waals surface area contributed by atoms with Gasteiger partial charge in [-0.2, -0.15) is 5.10 Å². The molecule has 3 aromatic carbocycles. The lowest BCUT2D eigenvalue weighted by Gasteiger charge is -2.12. The molecule has 31 heavy (non-hydrogen) atoms. The molecule has 1 heterocycles. The third kappa shape index (κ3) is 4.90. The molecule has 0 aromatic heterocycles. The van der Waals surface area contributed by atoms with Gasteiger partial charge in [0.15, 0.2) is 23.0 Å². The fourth-order valence-corrected chi connectivity index (χ4v) is 3.11. The van der Waals surface area contributed by atoms with E-state index in [4.69, 9.17) is 30.5 Å². The van der Waals surface area contributed by atoms with Gasteiger partial charge < -0.3 is 18.9 Å². The summed E-state index contributed by atoms with van der Waals surface area (Å²) in [6.45, 7) is 0.466. The van der Waals surface area contributed by atoms with Gasteiger partial charge in [-0.25, -0.2) is 5.43 Å². The van der Waals surface area contributed by atoms with E-state index in [1.165, 1.54) is 6.21 Å². The smallest absolute Gasteiger partial charge is 0.271 e. The van der Waals surface area contributed by atoms with E-state index in [0.29, 0.717) is 40.2 Å². The first-order valence-electron chi connectivity index (χ1n) is 9.41. The number of rotatable bonds is 7. The standard InChI is InChI=1S/C23H19ClN2O5/c1-28-21-10-15(6-8-19(21)29-13-17-4-2-3-5-18(17)24)12-25-26-23(27)16-7-9-20-22(11-16)31-14-30-20/h2-12H,13-14H2,1H3,(H,26,27)/b25-12-. The number of fused-ring (bicyclic) bond motifs is 1. The Labute approximate surface area is 184 Å². The van der Waals surface area contributed by atoms with Crippen LogP contribution in [0, 0.1) is 0 Å². The van der Waals surface area contributed by atoms with E-state index in [2.05, 4.69) is 10.5 Å². The molecule has 0 unspecified atom stereocenters. The van der Waals surface area contributed by atoms with Gasteiger partial charge in [0.2, 0.25) is 6.79 Å². The summed E-state index contributed by atoms with van der Waals surface area (Å²) in [4.78, 5) is 12.3. The highest BCUT2D eigenvalue weighted by Gasteiger charge is 2.16. The topological polar surface area (TPSA) is 78.4 Å². The van der Waals surface area contributed by atoms with E-state index in [1.807, 2.05) is 24.3 Å². The van der Waals surface area contributed by atoms with Gasteiger partial charge in [-0.15, -0.1) is 0 Å². The van der Waals surface area contributed by atoms with Gasteiger partial charge in [0, 0.05) is 16.1 Å². The minimum atomic E-state index is -0.360. The second-order valence-electron chi connectivity index (χ2n) is 6.56. The Morgan fingerprint density at radius 3 is 2.77 bits per heavy atom. The van der Waals surface area contributed by atoms with Crippen LogP contribution >= 0.6 is 11.6 Å². The molecule has 7 nitrogen and oxygen atoms in total. The van der Waals surface area contributed by atoms with Gasteiger partial charge in [-0.1, -0.05) is 29.8 Å². The van der Waals surface area contributed by atoms with Crippen LogP contribution in [0.2, 0.25) is 5.02 Å². The zero-order chi connectivity index (χ0) is 21.6. The fourth-order valence-electron chi connectivity index (χ4n) is 2.92. The highest BCUT2D eigenvalue weighted by Crippen LogP contribution is 2.32. The second-order valence-corrected chi connectivity index (χ2v) is 6.96. The molecule has 3 aromatic rings. The van der Waals surface area contributed by atoms with E-state index in [1.54, 1.807) is 43.5 Å². The zero-order valence-electron chi connectivity index (χ0n) is 16.6. The van der Waals surface area contributed by atoms with Crippen molar-refractivity contribution in [1.82, 2.24) is 5.43 Å². The third-order valence-electron chi connectivity index (χ3n) is 4.54. The van der Waals surface area contributed by atoms with Crippen LogP contribution in [0.15, 0.2) is 65.8 Å². The number of carbonyl (C=O) groups excluding carboxylic acids is 1. The van der Waals surface area contributed by atoms with Crippen molar-refractivity contribution in [2.24, 2.45) is 5.10 Å². The van der Waals surface area contributed by atoms with E-state index in [-0.39, 0.29) is 12.7 Å². The summed E-state index contributed by atoms with van der Waals surface area (Å²) in [7, 11) is 1.56. The minimum Gasteiger partial charge on any atom is -0.493 e. The van der Waals surface area contributed by atoms with Crippen LogP contribution in [0.1, 0.15) is 21.5 Å². The Bertz CT molecular complexity index is 1130. The van der Waals surface area contributed by atoms with Crippen LogP contribution in [-0.2, 0) is 6.61 Å². The molecule has 0 aliphatic carbocycles. The SMILES string of the molecule is COc1cc(/C=N\NC(=O)c2ccc3c(c2)OCO3)ccc1OCc1ccccc1Cl. The molecular weight excluding hydrogens is 420 g/mol. The third-order valence-corrected chi connectivity index (χ3v) is 4.91. The molecule has 1 aliphatic rings. The fraction of sp³-hybridized carbons (Fsp3) is 0.130. The number of hydrogen-bond acceptors (Lipinski definition) is 6. The molecule has 4 rings (SSSR count). The molecule has 0 fully saturated rings. The van der Waals surface area contributed by atoms with Crippen molar-refractivity contribution in [2.75, 3.05) is 13.9 Å². The van der Waals surface area contributed by atoms with Crippen LogP contribution < -0.4 is 24.4 Å². The van der Waals surface area contributed by atoms with E-state index >= 15 is 0 Å². The average Bonchev–Trinajstić information content (AvgIpc) is 3.27. The number of nitrogens with zero attached hydrogens (tertiary/aromatic N) is 1. The maximum absolute atomic E-state index is 12.3. The number of methoxy groups -OCH3 is 1. The summed E-state index contributed by atoms with van der Waals surface area (Å²) in [5.41, 5.74) is 4.52. The first-order chi connectivity index (χ1) is 15.1. The summed E-state index contributed by atoms with van der Waals surface area (Å²) in [5.74, 6) is 1.90. The van der Waals surface area contributed by atoms with E-state index in [0.717, 1.165) is 11.1 Å². The normalized spacial score (nSPS) is 12.1. The lowest BCUT2D eigenvalue weighted by atomic mass is 10.2. The number of halogens is 1. The highest BCUT2D eigenvalue weighted by molar-refractivity contribution is 6.31. The van der Waals surface area contributed by atoms with Crippen LogP contribution in [0.4, 0.5) is 0 Å². The summed E-state index contributed by atoms with van der Waals surface area (Å²) < 4.78 is 21.8. The first kappa shape index (κ1) is 20.6. The minimum absolute atomic E-state index is 0.151. The summed E-state index contributed by atoms with van der Waals surface area (Å²) >= 11 is 6.17. The number of carbonyl (C=O) groups is 1. The molecular formula is C23H19ClN2O5. The van der Waals surface area contributed by atoms with Crippen molar-refractivity contribution in [3.63, 3.8) is 0 Å².